The summed E-state index contributed by atoms with van der Waals surface area (Å²) in [6, 6.07) is 3.60. The van der Waals surface area contributed by atoms with Crippen LogP contribution in [0.15, 0.2) is 18.2 Å². The topological polar surface area (TPSA) is 118 Å². The number of carbonyl (C=O) groups is 1. The van der Waals surface area contributed by atoms with Crippen molar-refractivity contribution >= 4 is 17.3 Å². The van der Waals surface area contributed by atoms with Gasteiger partial charge in [0.2, 0.25) is 5.91 Å². The van der Waals surface area contributed by atoms with Gasteiger partial charge < -0.3 is 16.2 Å². The van der Waals surface area contributed by atoms with Crippen molar-refractivity contribution in [2.45, 2.75) is 25.7 Å². The Hall–Kier alpha value is -2.15. The molecule has 0 spiro atoms. The van der Waals surface area contributed by atoms with Gasteiger partial charge in [-0.15, -0.1) is 0 Å². The van der Waals surface area contributed by atoms with Gasteiger partial charge in [0.15, 0.2) is 0 Å². The number of hydrogen-bond acceptors (Lipinski definition) is 5. The molecule has 0 bridgehead atoms. The van der Waals surface area contributed by atoms with Gasteiger partial charge >= 0.3 is 0 Å². The fourth-order valence-electron chi connectivity index (χ4n) is 1.60. The Morgan fingerprint density at radius 1 is 1.37 bits per heavy atom. The number of phenolic OH excluding ortho intramolecular Hbond substituents is 1. The summed E-state index contributed by atoms with van der Waals surface area (Å²) >= 11 is 0. The molecule has 1 rings (SSSR count). The van der Waals surface area contributed by atoms with Crippen LogP contribution in [0, 0.1) is 10.1 Å². The molecule has 7 heteroatoms. The molecule has 7 nitrogen and oxygen atoms in total. The number of aromatic hydroxyl groups is 1. The van der Waals surface area contributed by atoms with Crippen LogP contribution in [-0.4, -0.2) is 22.5 Å². The minimum atomic E-state index is -0.649. The Morgan fingerprint density at radius 2 is 2.11 bits per heavy atom. The van der Waals surface area contributed by atoms with Gasteiger partial charge in [-0.05, 0) is 31.5 Å². The molecule has 0 aliphatic rings. The zero-order chi connectivity index (χ0) is 14.3. The van der Waals surface area contributed by atoms with Crippen molar-refractivity contribution in [1.82, 2.24) is 0 Å². The third-order valence-electron chi connectivity index (χ3n) is 2.56. The molecule has 104 valence electrons. The van der Waals surface area contributed by atoms with Crippen LogP contribution in [0.5, 0.6) is 5.75 Å². The zero-order valence-corrected chi connectivity index (χ0v) is 10.5. The van der Waals surface area contributed by atoms with Crippen LogP contribution in [0.4, 0.5) is 11.4 Å². The highest BCUT2D eigenvalue weighted by Crippen LogP contribution is 2.28. The highest BCUT2D eigenvalue weighted by molar-refractivity contribution is 5.93. The van der Waals surface area contributed by atoms with E-state index in [9.17, 15) is 20.0 Å². The van der Waals surface area contributed by atoms with Crippen LogP contribution >= 0.6 is 0 Å². The SMILES string of the molecule is NCCCCCC(=O)Nc1ccc(O)cc1[N+](=O)[O-]. The number of nitrogens with two attached hydrogens (primary N) is 1. The number of rotatable bonds is 7. The Kier molecular flexibility index (Phi) is 5.74. The number of unbranched alkanes of at least 4 members (excludes halogenated alkanes) is 2. The average Bonchev–Trinajstić information content (AvgIpc) is 2.36. The smallest absolute Gasteiger partial charge is 0.296 e. The predicted octanol–water partition coefficient (Wildman–Crippen LogP) is 1.76. The van der Waals surface area contributed by atoms with Gasteiger partial charge in [-0.3, -0.25) is 14.9 Å². The summed E-state index contributed by atoms with van der Waals surface area (Å²) in [7, 11) is 0. The van der Waals surface area contributed by atoms with Crippen LogP contribution in [0.2, 0.25) is 0 Å². The largest absolute Gasteiger partial charge is 0.508 e. The Bertz CT molecular complexity index is 462. The molecule has 0 fully saturated rings. The molecule has 0 aromatic heterocycles. The van der Waals surface area contributed by atoms with Crippen molar-refractivity contribution in [3.63, 3.8) is 0 Å². The maximum absolute atomic E-state index is 11.6. The van der Waals surface area contributed by atoms with Gasteiger partial charge in [-0.2, -0.15) is 0 Å². The minimum Gasteiger partial charge on any atom is -0.508 e. The van der Waals surface area contributed by atoms with E-state index in [0.717, 1.165) is 18.9 Å². The average molecular weight is 267 g/mol. The van der Waals surface area contributed by atoms with Gasteiger partial charge in [0.05, 0.1) is 11.0 Å². The molecule has 19 heavy (non-hydrogen) atoms. The summed E-state index contributed by atoms with van der Waals surface area (Å²) in [5.74, 6) is -0.501. The number of amides is 1. The van der Waals surface area contributed by atoms with Gasteiger partial charge in [0, 0.05) is 6.42 Å². The lowest BCUT2D eigenvalue weighted by atomic mass is 10.2. The van der Waals surface area contributed by atoms with E-state index in [4.69, 9.17) is 5.73 Å². The molecular formula is C12H17N3O4. The summed E-state index contributed by atoms with van der Waals surface area (Å²) in [4.78, 5) is 21.7. The Labute approximate surface area is 110 Å². The summed E-state index contributed by atoms with van der Waals surface area (Å²) in [6.07, 6.45) is 2.68. The first kappa shape index (κ1) is 14.9. The standard InChI is InChI=1S/C12H17N3O4/c13-7-3-1-2-4-12(17)14-10-6-5-9(16)8-11(10)15(18)19/h5-6,8,16H,1-4,7,13H2,(H,14,17). The molecule has 4 N–H and O–H groups in total. The van der Waals surface area contributed by atoms with Crippen molar-refractivity contribution in [1.29, 1.82) is 0 Å². The maximum Gasteiger partial charge on any atom is 0.296 e. The fraction of sp³-hybridized carbons (Fsp3) is 0.417. The summed E-state index contributed by atoms with van der Waals surface area (Å²) in [5.41, 5.74) is 5.10. The van der Waals surface area contributed by atoms with E-state index >= 15 is 0 Å². The highest BCUT2D eigenvalue weighted by atomic mass is 16.6. The summed E-state index contributed by atoms with van der Waals surface area (Å²) in [5, 5.41) is 22.4. The minimum absolute atomic E-state index is 0.0895. The van der Waals surface area contributed by atoms with Gasteiger partial charge in [-0.1, -0.05) is 6.42 Å². The van der Waals surface area contributed by atoms with Crippen molar-refractivity contribution in [3.8, 4) is 5.75 Å². The first-order valence-electron chi connectivity index (χ1n) is 6.02. The summed E-state index contributed by atoms with van der Waals surface area (Å²) < 4.78 is 0. The molecule has 0 atom stereocenters. The highest BCUT2D eigenvalue weighted by Gasteiger charge is 2.16. The maximum atomic E-state index is 11.6. The first-order chi connectivity index (χ1) is 9.04. The molecule has 0 saturated heterocycles. The van der Waals surface area contributed by atoms with Crippen molar-refractivity contribution < 1.29 is 14.8 Å². The molecule has 0 unspecified atom stereocenters. The van der Waals surface area contributed by atoms with E-state index in [0.29, 0.717) is 13.0 Å². The molecular weight excluding hydrogens is 250 g/mol. The lowest BCUT2D eigenvalue weighted by Gasteiger charge is -2.06. The predicted molar refractivity (Wildman–Crippen MR) is 70.9 cm³/mol. The van der Waals surface area contributed by atoms with Gasteiger partial charge in [-0.25, -0.2) is 0 Å². The van der Waals surface area contributed by atoms with Crippen LogP contribution < -0.4 is 11.1 Å². The number of anilines is 1. The lowest BCUT2D eigenvalue weighted by Crippen LogP contribution is -2.12. The van der Waals surface area contributed by atoms with Crippen LogP contribution in [-0.2, 0) is 4.79 Å². The molecule has 1 amide bonds. The van der Waals surface area contributed by atoms with E-state index in [1.807, 2.05) is 0 Å². The van der Waals surface area contributed by atoms with Crippen LogP contribution in [0.3, 0.4) is 0 Å². The van der Waals surface area contributed by atoms with E-state index in [-0.39, 0.29) is 29.5 Å². The van der Waals surface area contributed by atoms with Crippen molar-refractivity contribution in [2.75, 3.05) is 11.9 Å². The molecule has 0 aliphatic heterocycles. The van der Waals surface area contributed by atoms with E-state index in [1.54, 1.807) is 0 Å². The second-order valence-corrected chi connectivity index (χ2v) is 4.11. The zero-order valence-electron chi connectivity index (χ0n) is 10.5. The first-order valence-corrected chi connectivity index (χ1v) is 6.02. The molecule has 0 saturated carbocycles. The number of hydrogen-bond donors (Lipinski definition) is 3. The molecule has 0 heterocycles. The fourth-order valence-corrected chi connectivity index (χ4v) is 1.60. The number of nitrogens with zero attached hydrogens (tertiary/aromatic N) is 1. The van der Waals surface area contributed by atoms with E-state index < -0.39 is 4.92 Å². The molecule has 1 aromatic carbocycles. The van der Waals surface area contributed by atoms with Crippen LogP contribution in [0.1, 0.15) is 25.7 Å². The number of carbonyl (C=O) groups excluding carboxylic acids is 1. The normalized spacial score (nSPS) is 10.2. The van der Waals surface area contributed by atoms with Crippen molar-refractivity contribution in [2.24, 2.45) is 5.73 Å². The number of nitro benzene ring substituents is 1. The third kappa shape index (κ3) is 4.92. The monoisotopic (exact) mass is 267 g/mol. The molecule has 0 aliphatic carbocycles. The number of nitrogens with one attached hydrogen (secondary N) is 1. The molecule has 1 aromatic rings. The number of benzene rings is 1. The second kappa shape index (κ2) is 7.32. The second-order valence-electron chi connectivity index (χ2n) is 4.11. The lowest BCUT2D eigenvalue weighted by molar-refractivity contribution is -0.384. The summed E-state index contributed by atoms with van der Waals surface area (Å²) in [6.45, 7) is 0.588. The third-order valence-corrected chi connectivity index (χ3v) is 2.56. The van der Waals surface area contributed by atoms with Crippen LogP contribution in [0.25, 0.3) is 0 Å². The number of nitro groups is 1. The van der Waals surface area contributed by atoms with E-state index in [2.05, 4.69) is 5.32 Å². The Morgan fingerprint density at radius 3 is 2.74 bits per heavy atom. The quantitative estimate of drug-likeness (QED) is 0.301. The number of phenols is 1. The van der Waals surface area contributed by atoms with Gasteiger partial charge in [0.1, 0.15) is 11.4 Å². The van der Waals surface area contributed by atoms with Gasteiger partial charge in [0.25, 0.3) is 5.69 Å². The van der Waals surface area contributed by atoms with Crippen molar-refractivity contribution in [3.05, 3.63) is 28.3 Å². The molecule has 0 radical (unpaired) electrons. The Balaban J connectivity index is 2.61. The van der Waals surface area contributed by atoms with E-state index in [1.165, 1.54) is 12.1 Å².